The first-order valence-electron chi connectivity index (χ1n) is 8.89. The first-order valence-corrected chi connectivity index (χ1v) is 8.89. The number of ether oxygens (including phenoxy) is 1. The Morgan fingerprint density at radius 2 is 1.68 bits per heavy atom. The number of benzene rings is 1. The average Bonchev–Trinajstić information content (AvgIpc) is 3.05. The lowest BCUT2D eigenvalue weighted by atomic mass is 9.96. The van der Waals surface area contributed by atoms with Gasteiger partial charge in [-0.15, -0.1) is 0 Å². The Kier molecular flexibility index (Phi) is 5.83. The van der Waals surface area contributed by atoms with Crippen LogP contribution in [0.15, 0.2) is 24.3 Å². The lowest BCUT2D eigenvalue weighted by molar-refractivity contribution is 0.0264. The number of morpholine rings is 1. The van der Waals surface area contributed by atoms with Gasteiger partial charge in [-0.1, -0.05) is 12.1 Å². The molecule has 25 heavy (non-hydrogen) atoms. The molecule has 2 fully saturated rings. The molecular formula is C19H26N2O4. The first kappa shape index (κ1) is 18.0. The van der Waals surface area contributed by atoms with E-state index in [0.29, 0.717) is 24.2 Å². The summed E-state index contributed by atoms with van der Waals surface area (Å²) in [4.78, 5) is 28.3. The topological polar surface area (TPSA) is 70.1 Å². The summed E-state index contributed by atoms with van der Waals surface area (Å²) in [5.41, 5.74) is 1.20. The molecule has 0 bridgehead atoms. The average molecular weight is 346 g/mol. The lowest BCUT2D eigenvalue weighted by Crippen LogP contribution is -2.41. The van der Waals surface area contributed by atoms with Crippen molar-refractivity contribution in [2.24, 2.45) is 11.8 Å². The molecule has 0 unspecified atom stereocenters. The zero-order valence-corrected chi connectivity index (χ0v) is 14.7. The summed E-state index contributed by atoms with van der Waals surface area (Å²) in [5.74, 6) is 0.357. The third-order valence-corrected chi connectivity index (χ3v) is 5.23. The Hall–Kier alpha value is -1.76. The van der Waals surface area contributed by atoms with Gasteiger partial charge in [-0.05, 0) is 25.0 Å². The van der Waals surface area contributed by atoms with Crippen LogP contribution in [-0.4, -0.2) is 79.1 Å². The smallest absolute Gasteiger partial charge is 0.253 e. The Bertz CT molecular complexity index is 610. The molecule has 6 heteroatoms. The van der Waals surface area contributed by atoms with Crippen molar-refractivity contribution in [1.29, 1.82) is 0 Å². The maximum Gasteiger partial charge on any atom is 0.253 e. The molecule has 1 N–H and O–H groups in total. The fourth-order valence-electron chi connectivity index (χ4n) is 3.66. The summed E-state index contributed by atoms with van der Waals surface area (Å²) in [6.45, 7) is 7.07. The van der Waals surface area contributed by atoms with E-state index in [9.17, 15) is 14.7 Å². The number of likely N-dealkylation sites (tertiary alicyclic amines) is 1. The number of ketones is 1. The van der Waals surface area contributed by atoms with Gasteiger partial charge in [0.2, 0.25) is 0 Å². The summed E-state index contributed by atoms with van der Waals surface area (Å²) >= 11 is 0. The van der Waals surface area contributed by atoms with Gasteiger partial charge in [-0.25, -0.2) is 0 Å². The number of aliphatic hydroxyl groups is 1. The Morgan fingerprint density at radius 1 is 1.08 bits per heavy atom. The van der Waals surface area contributed by atoms with E-state index < -0.39 is 0 Å². The molecular weight excluding hydrogens is 320 g/mol. The molecule has 2 aliphatic rings. The van der Waals surface area contributed by atoms with Crippen LogP contribution >= 0.6 is 0 Å². The largest absolute Gasteiger partial charge is 0.396 e. The van der Waals surface area contributed by atoms with Crippen LogP contribution in [0.4, 0.5) is 0 Å². The van der Waals surface area contributed by atoms with Crippen LogP contribution in [0.2, 0.25) is 0 Å². The van der Waals surface area contributed by atoms with Crippen molar-refractivity contribution in [2.45, 2.75) is 6.92 Å². The fourth-order valence-corrected chi connectivity index (χ4v) is 3.66. The summed E-state index contributed by atoms with van der Waals surface area (Å²) in [6.07, 6.45) is 0. The molecule has 1 aromatic carbocycles. The number of carbonyl (C=O) groups is 2. The van der Waals surface area contributed by atoms with Gasteiger partial charge in [-0.2, -0.15) is 0 Å². The summed E-state index contributed by atoms with van der Waals surface area (Å²) in [6, 6.07) is 6.81. The molecule has 6 nitrogen and oxygen atoms in total. The van der Waals surface area contributed by atoms with Crippen LogP contribution in [0.3, 0.4) is 0 Å². The van der Waals surface area contributed by atoms with E-state index in [1.807, 2.05) is 4.90 Å². The molecule has 0 aliphatic carbocycles. The minimum Gasteiger partial charge on any atom is -0.396 e. The summed E-state index contributed by atoms with van der Waals surface area (Å²) in [5, 5.41) is 9.71. The Balaban J connectivity index is 1.63. The maximum atomic E-state index is 12.8. The third-order valence-electron chi connectivity index (χ3n) is 5.23. The molecule has 1 aromatic rings. The second-order valence-corrected chi connectivity index (χ2v) is 6.96. The summed E-state index contributed by atoms with van der Waals surface area (Å²) in [7, 11) is 0. The van der Waals surface area contributed by atoms with Crippen molar-refractivity contribution in [3.63, 3.8) is 0 Å². The van der Waals surface area contributed by atoms with Crippen LogP contribution < -0.4 is 0 Å². The second kappa shape index (κ2) is 8.08. The van der Waals surface area contributed by atoms with Gasteiger partial charge in [0.15, 0.2) is 5.78 Å². The molecule has 2 heterocycles. The molecule has 0 aromatic heterocycles. The second-order valence-electron chi connectivity index (χ2n) is 6.96. The zero-order valence-electron chi connectivity index (χ0n) is 14.7. The highest BCUT2D eigenvalue weighted by atomic mass is 16.5. The minimum absolute atomic E-state index is 0.00825. The fraction of sp³-hybridized carbons (Fsp3) is 0.579. The monoisotopic (exact) mass is 346 g/mol. The highest BCUT2D eigenvalue weighted by Crippen LogP contribution is 2.26. The number of aliphatic hydroxyl groups excluding tert-OH is 1. The lowest BCUT2D eigenvalue weighted by Gasteiger charge is -2.30. The maximum absolute atomic E-state index is 12.8. The Morgan fingerprint density at radius 3 is 2.28 bits per heavy atom. The quantitative estimate of drug-likeness (QED) is 0.803. The van der Waals surface area contributed by atoms with E-state index in [1.54, 1.807) is 24.3 Å². The number of Topliss-reactive ketones (excluding diaryl/α,β-unsaturated/α-hetero) is 1. The molecule has 0 spiro atoms. The van der Waals surface area contributed by atoms with Gasteiger partial charge in [0.1, 0.15) is 0 Å². The molecule has 1 amide bonds. The van der Waals surface area contributed by atoms with Gasteiger partial charge >= 0.3 is 0 Å². The van der Waals surface area contributed by atoms with Gasteiger partial charge in [0.25, 0.3) is 5.91 Å². The highest BCUT2D eigenvalue weighted by Gasteiger charge is 2.36. The normalized spacial score (nSPS) is 24.5. The SMILES string of the molecule is CC(=O)c1ccc(C(=O)N2C[C@@H](CN3CCOCC3)[C@@H](CO)C2)cc1. The molecule has 0 radical (unpaired) electrons. The van der Waals surface area contributed by atoms with E-state index in [1.165, 1.54) is 6.92 Å². The van der Waals surface area contributed by atoms with Crippen molar-refractivity contribution in [1.82, 2.24) is 9.80 Å². The number of nitrogens with zero attached hydrogens (tertiary/aromatic N) is 2. The predicted octanol–water partition coefficient (Wildman–Crippen LogP) is 0.902. The number of hydrogen-bond acceptors (Lipinski definition) is 5. The van der Waals surface area contributed by atoms with Gasteiger partial charge in [0.05, 0.1) is 13.2 Å². The third kappa shape index (κ3) is 4.26. The van der Waals surface area contributed by atoms with Crippen molar-refractivity contribution in [3.05, 3.63) is 35.4 Å². The van der Waals surface area contributed by atoms with Crippen LogP contribution in [0, 0.1) is 11.8 Å². The molecule has 3 rings (SSSR count). The van der Waals surface area contributed by atoms with Crippen LogP contribution in [0.25, 0.3) is 0 Å². The van der Waals surface area contributed by atoms with E-state index in [0.717, 1.165) is 32.8 Å². The van der Waals surface area contributed by atoms with E-state index in [4.69, 9.17) is 4.74 Å². The van der Waals surface area contributed by atoms with E-state index >= 15 is 0 Å². The summed E-state index contributed by atoms with van der Waals surface area (Å²) < 4.78 is 5.38. The predicted molar refractivity (Wildman–Crippen MR) is 93.7 cm³/mol. The van der Waals surface area contributed by atoms with Gasteiger partial charge in [0, 0.05) is 56.4 Å². The molecule has 0 saturated carbocycles. The van der Waals surface area contributed by atoms with E-state index in [-0.39, 0.29) is 30.1 Å². The Labute approximate surface area is 148 Å². The minimum atomic E-state index is -0.0296. The number of carbonyl (C=O) groups excluding carboxylic acids is 2. The molecule has 136 valence electrons. The number of hydrogen-bond donors (Lipinski definition) is 1. The molecule has 2 atom stereocenters. The van der Waals surface area contributed by atoms with Crippen LogP contribution in [0.1, 0.15) is 27.6 Å². The van der Waals surface area contributed by atoms with Crippen molar-refractivity contribution in [3.8, 4) is 0 Å². The van der Waals surface area contributed by atoms with Gasteiger partial charge < -0.3 is 14.7 Å². The zero-order chi connectivity index (χ0) is 17.8. The molecule has 2 saturated heterocycles. The van der Waals surface area contributed by atoms with E-state index in [2.05, 4.69) is 4.90 Å². The molecule has 2 aliphatic heterocycles. The number of amides is 1. The van der Waals surface area contributed by atoms with Crippen molar-refractivity contribution < 1.29 is 19.4 Å². The standard InChI is InChI=1S/C19H26N2O4/c1-14(23)15-2-4-16(5-3-15)19(24)21-11-17(18(12-21)13-22)10-20-6-8-25-9-7-20/h2-5,17-18,22H,6-13H2,1H3/t17-,18-/m1/s1. The number of rotatable bonds is 5. The van der Waals surface area contributed by atoms with Gasteiger partial charge in [-0.3, -0.25) is 14.5 Å². The van der Waals surface area contributed by atoms with Crippen LogP contribution in [0.5, 0.6) is 0 Å². The van der Waals surface area contributed by atoms with Crippen molar-refractivity contribution >= 4 is 11.7 Å². The highest BCUT2D eigenvalue weighted by molar-refractivity contribution is 5.97. The van der Waals surface area contributed by atoms with Crippen molar-refractivity contribution in [2.75, 3.05) is 52.5 Å². The van der Waals surface area contributed by atoms with Crippen LogP contribution in [-0.2, 0) is 4.74 Å². The first-order chi connectivity index (χ1) is 12.1.